The summed E-state index contributed by atoms with van der Waals surface area (Å²) in [6.07, 6.45) is 6.94. The van der Waals surface area contributed by atoms with E-state index in [1.807, 2.05) is 35.4 Å². The van der Waals surface area contributed by atoms with Crippen LogP contribution in [-0.2, 0) is 9.59 Å². The van der Waals surface area contributed by atoms with Crippen molar-refractivity contribution in [2.24, 2.45) is 11.8 Å². The van der Waals surface area contributed by atoms with Crippen LogP contribution in [0.2, 0.25) is 0 Å². The molecule has 0 aliphatic heterocycles. The Morgan fingerprint density at radius 1 is 1.17 bits per heavy atom. The Morgan fingerprint density at radius 3 is 2.62 bits per heavy atom. The number of nitrogens with zero attached hydrogens (tertiary/aromatic N) is 2. The van der Waals surface area contributed by atoms with Crippen LogP contribution < -0.4 is 5.32 Å². The highest BCUT2D eigenvalue weighted by molar-refractivity contribution is 7.13. The van der Waals surface area contributed by atoms with Crippen LogP contribution in [0.25, 0.3) is 0 Å². The maximum absolute atomic E-state index is 13.3. The zero-order valence-corrected chi connectivity index (χ0v) is 17.8. The van der Waals surface area contributed by atoms with E-state index in [1.54, 1.807) is 0 Å². The van der Waals surface area contributed by atoms with Crippen LogP contribution in [0.5, 0.6) is 0 Å². The fourth-order valence-electron chi connectivity index (χ4n) is 4.43. The summed E-state index contributed by atoms with van der Waals surface area (Å²) in [4.78, 5) is 32.0. The summed E-state index contributed by atoms with van der Waals surface area (Å²) < 4.78 is 0. The van der Waals surface area contributed by atoms with E-state index in [-0.39, 0.29) is 24.3 Å². The Hall–Kier alpha value is -2.21. The number of carbonyl (C=O) groups is 2. The summed E-state index contributed by atoms with van der Waals surface area (Å²) in [7, 11) is 0. The second-order valence-corrected chi connectivity index (χ2v) is 9.28. The molecule has 4 rings (SSSR count). The van der Waals surface area contributed by atoms with Crippen molar-refractivity contribution < 1.29 is 9.59 Å². The van der Waals surface area contributed by atoms with Crippen molar-refractivity contribution in [1.82, 2.24) is 9.88 Å². The van der Waals surface area contributed by atoms with Crippen molar-refractivity contribution in [3.63, 3.8) is 0 Å². The maximum Gasteiger partial charge on any atom is 0.245 e. The Labute approximate surface area is 176 Å². The molecule has 1 heterocycles. The number of amides is 2. The first-order chi connectivity index (χ1) is 14.1. The van der Waals surface area contributed by atoms with Crippen molar-refractivity contribution in [1.29, 1.82) is 0 Å². The van der Waals surface area contributed by atoms with E-state index in [0.29, 0.717) is 23.5 Å². The van der Waals surface area contributed by atoms with Crippen LogP contribution in [0.1, 0.15) is 55.7 Å². The minimum absolute atomic E-state index is 0.0101. The third kappa shape index (κ3) is 5.24. The number of rotatable bonds is 7. The molecular weight excluding hydrogens is 382 g/mol. The number of hydrogen-bond donors (Lipinski definition) is 1. The summed E-state index contributed by atoms with van der Waals surface area (Å²) in [5, 5.41) is 5.38. The van der Waals surface area contributed by atoms with Crippen LogP contribution in [0.3, 0.4) is 0 Å². The average Bonchev–Trinajstić information content (AvgIpc) is 3.44. The van der Waals surface area contributed by atoms with Crippen molar-refractivity contribution in [2.75, 3.05) is 18.4 Å². The highest BCUT2D eigenvalue weighted by Gasteiger charge is 2.46. The number of aryl methyl sites for hydroxylation is 1. The number of anilines is 1. The lowest BCUT2D eigenvalue weighted by Crippen LogP contribution is -2.42. The van der Waals surface area contributed by atoms with Gasteiger partial charge in [0.25, 0.3) is 0 Å². The molecule has 2 unspecified atom stereocenters. The van der Waals surface area contributed by atoms with E-state index in [9.17, 15) is 9.59 Å². The van der Waals surface area contributed by atoms with E-state index in [4.69, 9.17) is 0 Å². The Balaban J connectivity index is 1.41. The molecule has 1 N–H and O–H groups in total. The molecule has 0 bridgehead atoms. The fourth-order valence-corrected chi connectivity index (χ4v) is 5.13. The summed E-state index contributed by atoms with van der Waals surface area (Å²) in [6.45, 7) is 2.72. The van der Waals surface area contributed by atoms with Gasteiger partial charge in [-0.3, -0.25) is 9.59 Å². The van der Waals surface area contributed by atoms with Crippen LogP contribution in [0.15, 0.2) is 35.7 Å². The lowest BCUT2D eigenvalue weighted by molar-refractivity contribution is -0.136. The first-order valence-electron chi connectivity index (χ1n) is 10.7. The average molecular weight is 412 g/mol. The van der Waals surface area contributed by atoms with Gasteiger partial charge in [-0.2, -0.15) is 0 Å². The van der Waals surface area contributed by atoms with Crippen LogP contribution in [0, 0.1) is 18.8 Å². The van der Waals surface area contributed by atoms with Gasteiger partial charge in [-0.25, -0.2) is 4.98 Å². The SMILES string of the molecule is Cc1csc(NC(=O)CN(CC2CCCCC2)C(=O)C2CC2c2ccccc2)n1. The monoisotopic (exact) mass is 411 g/mol. The van der Waals surface area contributed by atoms with Gasteiger partial charge in [0, 0.05) is 17.8 Å². The normalized spacial score (nSPS) is 21.6. The molecule has 2 amide bonds. The van der Waals surface area contributed by atoms with Crippen molar-refractivity contribution in [3.05, 3.63) is 47.0 Å². The molecule has 0 spiro atoms. The molecule has 6 heteroatoms. The van der Waals surface area contributed by atoms with Gasteiger partial charge in [0.1, 0.15) is 0 Å². The molecule has 2 fully saturated rings. The van der Waals surface area contributed by atoms with Gasteiger partial charge in [0.15, 0.2) is 5.13 Å². The van der Waals surface area contributed by atoms with E-state index in [1.165, 1.54) is 36.2 Å². The predicted molar refractivity (Wildman–Crippen MR) is 116 cm³/mol. The molecule has 1 aromatic carbocycles. The summed E-state index contributed by atoms with van der Waals surface area (Å²) in [6, 6.07) is 10.3. The van der Waals surface area contributed by atoms with Crippen molar-refractivity contribution in [3.8, 4) is 0 Å². The number of thiazole rings is 1. The van der Waals surface area contributed by atoms with Gasteiger partial charge in [-0.15, -0.1) is 11.3 Å². The van der Waals surface area contributed by atoms with Crippen molar-refractivity contribution in [2.45, 2.75) is 51.4 Å². The van der Waals surface area contributed by atoms with Gasteiger partial charge < -0.3 is 10.2 Å². The smallest absolute Gasteiger partial charge is 0.245 e. The van der Waals surface area contributed by atoms with E-state index in [0.717, 1.165) is 25.0 Å². The number of carbonyl (C=O) groups excluding carboxylic acids is 2. The zero-order chi connectivity index (χ0) is 20.2. The summed E-state index contributed by atoms with van der Waals surface area (Å²) in [5.41, 5.74) is 2.12. The van der Waals surface area contributed by atoms with E-state index < -0.39 is 0 Å². The highest BCUT2D eigenvalue weighted by atomic mass is 32.1. The Morgan fingerprint density at radius 2 is 1.93 bits per heavy atom. The van der Waals surface area contributed by atoms with Crippen molar-refractivity contribution >= 4 is 28.3 Å². The third-order valence-corrected chi connectivity index (χ3v) is 6.93. The van der Waals surface area contributed by atoms with E-state index >= 15 is 0 Å². The molecule has 2 aliphatic carbocycles. The molecule has 2 aromatic rings. The van der Waals surface area contributed by atoms with Gasteiger partial charge >= 0.3 is 0 Å². The molecule has 1 aromatic heterocycles. The largest absolute Gasteiger partial charge is 0.333 e. The highest BCUT2D eigenvalue weighted by Crippen LogP contribution is 2.48. The molecule has 0 saturated heterocycles. The second-order valence-electron chi connectivity index (χ2n) is 8.42. The minimum Gasteiger partial charge on any atom is -0.333 e. The fraction of sp³-hybridized carbons (Fsp3) is 0.522. The summed E-state index contributed by atoms with van der Waals surface area (Å²) in [5.74, 6) is 0.796. The molecule has 0 radical (unpaired) electrons. The van der Waals surface area contributed by atoms with Gasteiger partial charge in [-0.1, -0.05) is 49.6 Å². The standard InChI is InChI=1S/C23H29N3O2S/c1-16-15-29-23(24-16)25-21(27)14-26(13-17-8-4-2-5-9-17)22(28)20-12-19(20)18-10-6-3-7-11-18/h3,6-7,10-11,15,17,19-20H,2,4-5,8-9,12-14H2,1H3,(H,24,25,27). The quantitative estimate of drug-likeness (QED) is 0.724. The van der Waals surface area contributed by atoms with Gasteiger partial charge in [-0.05, 0) is 43.6 Å². The minimum atomic E-state index is -0.152. The van der Waals surface area contributed by atoms with Gasteiger partial charge in [0.05, 0.1) is 12.2 Å². The molecule has 2 saturated carbocycles. The molecule has 5 nitrogen and oxygen atoms in total. The molecule has 29 heavy (non-hydrogen) atoms. The third-order valence-electron chi connectivity index (χ3n) is 6.05. The lowest BCUT2D eigenvalue weighted by Gasteiger charge is -2.29. The first kappa shape index (κ1) is 20.1. The van der Waals surface area contributed by atoms with Crippen LogP contribution in [0.4, 0.5) is 5.13 Å². The maximum atomic E-state index is 13.3. The van der Waals surface area contributed by atoms with Crippen LogP contribution >= 0.6 is 11.3 Å². The molecule has 2 aliphatic rings. The molecule has 2 atom stereocenters. The summed E-state index contributed by atoms with van der Waals surface area (Å²) >= 11 is 1.42. The number of nitrogens with one attached hydrogen (secondary N) is 1. The number of aromatic nitrogens is 1. The predicted octanol–water partition coefficient (Wildman–Crippen LogP) is 4.60. The number of hydrogen-bond acceptors (Lipinski definition) is 4. The molecular formula is C23H29N3O2S. The van der Waals surface area contributed by atoms with Crippen LogP contribution in [-0.4, -0.2) is 34.8 Å². The Kier molecular flexibility index (Phi) is 6.28. The van der Waals surface area contributed by atoms with E-state index in [2.05, 4.69) is 22.4 Å². The molecule has 154 valence electrons. The topological polar surface area (TPSA) is 62.3 Å². The lowest BCUT2D eigenvalue weighted by atomic mass is 9.89. The first-order valence-corrected chi connectivity index (χ1v) is 11.5. The Bertz CT molecular complexity index is 845. The van der Waals surface area contributed by atoms with Gasteiger partial charge in [0.2, 0.25) is 11.8 Å². The number of benzene rings is 1. The zero-order valence-electron chi connectivity index (χ0n) is 17.0. The second kappa shape index (κ2) is 9.08.